The van der Waals surface area contributed by atoms with Crippen molar-refractivity contribution in [3.63, 3.8) is 0 Å². The summed E-state index contributed by atoms with van der Waals surface area (Å²) in [5, 5.41) is 9.04. The van der Waals surface area contributed by atoms with Crippen LogP contribution in [-0.4, -0.2) is 20.6 Å². The van der Waals surface area contributed by atoms with Crippen LogP contribution >= 0.6 is 22.9 Å². The fourth-order valence-corrected chi connectivity index (χ4v) is 3.21. The van der Waals surface area contributed by atoms with Gasteiger partial charge < -0.3 is 9.67 Å². The molecule has 1 aliphatic heterocycles. The van der Waals surface area contributed by atoms with Crippen LogP contribution in [0.2, 0.25) is 4.34 Å². The topological polar surface area (TPSA) is 55.1 Å². The van der Waals surface area contributed by atoms with Crippen LogP contribution in [0.3, 0.4) is 0 Å². The van der Waals surface area contributed by atoms with Crippen molar-refractivity contribution in [1.29, 1.82) is 0 Å². The van der Waals surface area contributed by atoms with Gasteiger partial charge in [-0.25, -0.2) is 4.98 Å². The first-order valence-corrected chi connectivity index (χ1v) is 6.87. The lowest BCUT2D eigenvalue weighted by atomic mass is 10.00. The van der Waals surface area contributed by atoms with Crippen LogP contribution < -0.4 is 0 Å². The Kier molecular flexibility index (Phi) is 2.87. The molecule has 0 bridgehead atoms. The standard InChI is InChI=1S/C12H11ClN2O2S/c13-10-3-2-9(18-10)8-6-15-5-7(12(16)17)1-4-11(15)14-8/h2-3,6-7H,1,4-5H2,(H,16,17). The highest BCUT2D eigenvalue weighted by Gasteiger charge is 2.25. The van der Waals surface area contributed by atoms with Crippen LogP contribution in [0.4, 0.5) is 0 Å². The molecule has 0 saturated carbocycles. The SMILES string of the molecule is O=C(O)C1CCc2nc(-c3ccc(Cl)s3)cn2C1. The molecule has 4 nitrogen and oxygen atoms in total. The van der Waals surface area contributed by atoms with Crippen LogP contribution in [0.1, 0.15) is 12.2 Å². The van der Waals surface area contributed by atoms with E-state index >= 15 is 0 Å². The quantitative estimate of drug-likeness (QED) is 0.921. The Morgan fingerprint density at radius 1 is 1.56 bits per heavy atom. The summed E-state index contributed by atoms with van der Waals surface area (Å²) < 4.78 is 2.69. The zero-order valence-corrected chi connectivity index (χ0v) is 11.0. The van der Waals surface area contributed by atoms with Gasteiger partial charge in [0.1, 0.15) is 5.82 Å². The normalized spacial score (nSPS) is 18.6. The Labute approximate surface area is 113 Å². The number of imidazole rings is 1. The zero-order valence-electron chi connectivity index (χ0n) is 9.47. The average Bonchev–Trinajstić information content (AvgIpc) is 2.93. The van der Waals surface area contributed by atoms with E-state index in [0.29, 0.717) is 13.0 Å². The van der Waals surface area contributed by atoms with Crippen LogP contribution in [0.15, 0.2) is 18.3 Å². The van der Waals surface area contributed by atoms with E-state index in [-0.39, 0.29) is 5.92 Å². The van der Waals surface area contributed by atoms with Gasteiger partial charge in [0.2, 0.25) is 0 Å². The molecule has 18 heavy (non-hydrogen) atoms. The second-order valence-corrected chi connectivity index (χ2v) is 6.09. The molecule has 1 N–H and O–H groups in total. The molecule has 94 valence electrons. The molecule has 0 radical (unpaired) electrons. The molecule has 0 spiro atoms. The summed E-state index contributed by atoms with van der Waals surface area (Å²) >= 11 is 7.39. The number of aliphatic carboxylic acids is 1. The van der Waals surface area contributed by atoms with Gasteiger partial charge in [-0.2, -0.15) is 0 Å². The van der Waals surface area contributed by atoms with E-state index in [1.807, 2.05) is 22.9 Å². The first kappa shape index (κ1) is 11.7. The summed E-state index contributed by atoms with van der Waals surface area (Å²) in [6.07, 6.45) is 3.31. The van der Waals surface area contributed by atoms with Gasteiger partial charge in [0.15, 0.2) is 0 Å². The minimum Gasteiger partial charge on any atom is -0.481 e. The third kappa shape index (κ3) is 2.04. The number of halogens is 1. The maximum atomic E-state index is 11.0. The molecule has 1 atom stereocenters. The van der Waals surface area contributed by atoms with Crippen LogP contribution in [-0.2, 0) is 17.8 Å². The van der Waals surface area contributed by atoms with Crippen LogP contribution in [0.5, 0.6) is 0 Å². The number of nitrogens with zero attached hydrogens (tertiary/aromatic N) is 2. The Balaban J connectivity index is 1.91. The van der Waals surface area contributed by atoms with Crippen molar-refractivity contribution in [3.05, 3.63) is 28.5 Å². The molecule has 1 unspecified atom stereocenters. The summed E-state index contributed by atoms with van der Waals surface area (Å²) in [5.41, 5.74) is 0.882. The second kappa shape index (κ2) is 4.40. The fraction of sp³-hybridized carbons (Fsp3) is 0.333. The Hall–Kier alpha value is -1.33. The second-order valence-electron chi connectivity index (χ2n) is 4.37. The summed E-state index contributed by atoms with van der Waals surface area (Å²) in [7, 11) is 0. The number of hydrogen-bond acceptors (Lipinski definition) is 3. The van der Waals surface area contributed by atoms with Gasteiger partial charge in [0, 0.05) is 19.2 Å². The van der Waals surface area contributed by atoms with Gasteiger partial charge in [-0.05, 0) is 18.6 Å². The Morgan fingerprint density at radius 3 is 3.06 bits per heavy atom. The Morgan fingerprint density at radius 2 is 2.39 bits per heavy atom. The molecule has 0 aliphatic carbocycles. The van der Waals surface area contributed by atoms with Gasteiger partial charge in [0.25, 0.3) is 0 Å². The number of thiophene rings is 1. The molecule has 0 aromatic carbocycles. The molecular formula is C12H11ClN2O2S. The zero-order chi connectivity index (χ0) is 12.7. The number of hydrogen-bond donors (Lipinski definition) is 1. The molecule has 2 aromatic rings. The third-order valence-electron chi connectivity index (χ3n) is 3.17. The van der Waals surface area contributed by atoms with E-state index in [4.69, 9.17) is 16.7 Å². The first-order valence-electron chi connectivity index (χ1n) is 5.68. The van der Waals surface area contributed by atoms with Crippen molar-refractivity contribution in [3.8, 4) is 10.6 Å². The van der Waals surface area contributed by atoms with E-state index in [2.05, 4.69) is 4.98 Å². The number of fused-ring (bicyclic) bond motifs is 1. The lowest BCUT2D eigenvalue weighted by Crippen LogP contribution is -2.26. The lowest BCUT2D eigenvalue weighted by Gasteiger charge is -2.19. The highest BCUT2D eigenvalue weighted by Crippen LogP contribution is 2.32. The van der Waals surface area contributed by atoms with Crippen molar-refractivity contribution in [2.45, 2.75) is 19.4 Å². The summed E-state index contributed by atoms with van der Waals surface area (Å²) in [5.74, 6) is -0.0615. The number of carbonyl (C=O) groups is 1. The van der Waals surface area contributed by atoms with Gasteiger partial charge in [-0.1, -0.05) is 11.6 Å². The number of aryl methyl sites for hydroxylation is 1. The minimum absolute atomic E-state index is 0.300. The first-order chi connectivity index (χ1) is 8.63. The molecule has 0 fully saturated rings. The van der Waals surface area contributed by atoms with Crippen LogP contribution in [0.25, 0.3) is 10.6 Å². The maximum absolute atomic E-state index is 11.0. The maximum Gasteiger partial charge on any atom is 0.308 e. The Bertz CT molecular complexity index is 605. The van der Waals surface area contributed by atoms with Crippen molar-refractivity contribution >= 4 is 28.9 Å². The van der Waals surface area contributed by atoms with E-state index in [9.17, 15) is 4.79 Å². The number of carboxylic acid groups (broad SMARTS) is 1. The van der Waals surface area contributed by atoms with Crippen molar-refractivity contribution in [2.24, 2.45) is 5.92 Å². The summed E-state index contributed by atoms with van der Waals surface area (Å²) in [4.78, 5) is 16.6. The average molecular weight is 283 g/mol. The molecule has 1 aliphatic rings. The van der Waals surface area contributed by atoms with E-state index in [1.165, 1.54) is 11.3 Å². The van der Waals surface area contributed by atoms with Crippen LogP contribution in [0, 0.1) is 5.92 Å². The minimum atomic E-state index is -0.727. The largest absolute Gasteiger partial charge is 0.481 e. The third-order valence-corrected chi connectivity index (χ3v) is 4.42. The molecule has 3 rings (SSSR count). The highest BCUT2D eigenvalue weighted by molar-refractivity contribution is 7.19. The molecule has 6 heteroatoms. The van der Waals surface area contributed by atoms with Crippen molar-refractivity contribution < 1.29 is 9.90 Å². The number of carboxylic acids is 1. The highest BCUT2D eigenvalue weighted by atomic mass is 35.5. The van der Waals surface area contributed by atoms with Crippen molar-refractivity contribution in [1.82, 2.24) is 9.55 Å². The predicted octanol–water partition coefficient (Wildman–Crippen LogP) is 2.91. The smallest absolute Gasteiger partial charge is 0.308 e. The monoisotopic (exact) mass is 282 g/mol. The molecule has 3 heterocycles. The van der Waals surface area contributed by atoms with E-state index in [0.717, 1.165) is 27.2 Å². The van der Waals surface area contributed by atoms with Gasteiger partial charge in [0.05, 0.1) is 20.8 Å². The van der Waals surface area contributed by atoms with Gasteiger partial charge in [-0.3, -0.25) is 4.79 Å². The predicted molar refractivity (Wildman–Crippen MR) is 70.0 cm³/mol. The molecule has 2 aromatic heterocycles. The number of rotatable bonds is 2. The molecule has 0 amide bonds. The fourth-order valence-electron chi connectivity index (χ4n) is 2.22. The molecular weight excluding hydrogens is 272 g/mol. The lowest BCUT2D eigenvalue weighted by molar-refractivity contribution is -0.142. The summed E-state index contributed by atoms with van der Waals surface area (Å²) in [6, 6.07) is 3.79. The molecule has 0 saturated heterocycles. The van der Waals surface area contributed by atoms with Crippen molar-refractivity contribution in [2.75, 3.05) is 0 Å². The van der Waals surface area contributed by atoms with E-state index in [1.54, 1.807) is 0 Å². The van der Waals surface area contributed by atoms with Gasteiger partial charge in [-0.15, -0.1) is 11.3 Å². The van der Waals surface area contributed by atoms with E-state index < -0.39 is 5.97 Å². The van der Waals surface area contributed by atoms with Gasteiger partial charge >= 0.3 is 5.97 Å². The number of aromatic nitrogens is 2. The summed E-state index contributed by atoms with van der Waals surface area (Å²) in [6.45, 7) is 0.511.